The van der Waals surface area contributed by atoms with E-state index < -0.39 is 37.1 Å². The second kappa shape index (κ2) is 20.3. The van der Waals surface area contributed by atoms with Crippen molar-refractivity contribution in [3.05, 3.63) is 51.7 Å². The highest BCUT2D eigenvalue weighted by atomic mass is 32.2. The molecule has 0 radical (unpaired) electrons. The topological polar surface area (TPSA) is 143 Å². The summed E-state index contributed by atoms with van der Waals surface area (Å²) in [7, 11) is -1.62. The lowest BCUT2D eigenvalue weighted by atomic mass is 9.97. The number of hydrogen-bond acceptors (Lipinski definition) is 9. The average molecular weight is 653 g/mol. The number of rotatable bonds is 25. The molecular formula is C33H52N2O9S. The largest absolute Gasteiger partial charge is 0.490 e. The van der Waals surface area contributed by atoms with E-state index in [1.165, 1.54) is 103 Å². The molecule has 0 aliphatic heterocycles. The fourth-order valence-corrected chi connectivity index (χ4v) is 6.39. The molecule has 2 rings (SSSR count). The van der Waals surface area contributed by atoms with Crippen LogP contribution in [0.25, 0.3) is 0 Å². The zero-order valence-corrected chi connectivity index (χ0v) is 28.3. The number of nitro groups is 1. The van der Waals surface area contributed by atoms with Crippen molar-refractivity contribution in [2.24, 2.45) is 0 Å². The highest BCUT2D eigenvalue weighted by Gasteiger charge is 2.38. The second-order valence-corrected chi connectivity index (χ2v) is 13.1. The van der Waals surface area contributed by atoms with Gasteiger partial charge in [0.1, 0.15) is 17.3 Å². The van der Waals surface area contributed by atoms with E-state index >= 15 is 0 Å². The predicted octanol–water partition coefficient (Wildman–Crippen LogP) is 7.15. The molecule has 254 valence electrons. The summed E-state index contributed by atoms with van der Waals surface area (Å²) in [5.74, 6) is -2.16. The zero-order valence-electron chi connectivity index (χ0n) is 27.4. The molecule has 11 nitrogen and oxygen atoms in total. The van der Waals surface area contributed by atoms with Gasteiger partial charge in [0.25, 0.3) is 15.7 Å². The van der Waals surface area contributed by atoms with E-state index in [0.717, 1.165) is 31.4 Å². The maximum absolute atomic E-state index is 13.4. The number of benzene rings is 1. The second-order valence-electron chi connectivity index (χ2n) is 11.4. The van der Waals surface area contributed by atoms with Crippen LogP contribution >= 0.6 is 0 Å². The zero-order chi connectivity index (χ0) is 33.1. The van der Waals surface area contributed by atoms with Crippen molar-refractivity contribution in [2.45, 2.75) is 114 Å². The minimum Gasteiger partial charge on any atom is -0.490 e. The first-order valence-corrected chi connectivity index (χ1v) is 17.7. The maximum atomic E-state index is 13.4. The van der Waals surface area contributed by atoms with Gasteiger partial charge < -0.3 is 18.9 Å². The van der Waals surface area contributed by atoms with Crippen molar-refractivity contribution in [3.63, 3.8) is 0 Å². The van der Waals surface area contributed by atoms with Crippen LogP contribution in [0.15, 0.2) is 46.5 Å². The summed E-state index contributed by atoms with van der Waals surface area (Å²) in [5.41, 5.74) is -0.267. The fraction of sp³-hybridized carbons (Fsp3) is 0.667. The Labute approximate surface area is 268 Å². The first-order valence-electron chi connectivity index (χ1n) is 16.2. The van der Waals surface area contributed by atoms with Gasteiger partial charge in [0.2, 0.25) is 11.6 Å². The van der Waals surface area contributed by atoms with Crippen LogP contribution in [0, 0.1) is 10.1 Å². The van der Waals surface area contributed by atoms with Crippen LogP contribution in [-0.4, -0.2) is 59.0 Å². The van der Waals surface area contributed by atoms with Gasteiger partial charge >= 0.3 is 0 Å². The summed E-state index contributed by atoms with van der Waals surface area (Å²) >= 11 is 0. The number of sulfonamides is 1. The molecule has 0 amide bonds. The molecule has 1 atom stereocenters. The molecular weight excluding hydrogens is 600 g/mol. The van der Waals surface area contributed by atoms with Gasteiger partial charge in [-0.2, -0.15) is 0 Å². The van der Waals surface area contributed by atoms with E-state index in [4.69, 9.17) is 18.9 Å². The molecule has 1 aromatic carbocycles. The van der Waals surface area contributed by atoms with Crippen LogP contribution in [0.2, 0.25) is 0 Å². The predicted molar refractivity (Wildman–Crippen MR) is 174 cm³/mol. The molecule has 1 aromatic rings. The Morgan fingerprint density at radius 2 is 1.44 bits per heavy atom. The van der Waals surface area contributed by atoms with Crippen LogP contribution in [0.4, 0.5) is 5.69 Å². The van der Waals surface area contributed by atoms with Gasteiger partial charge in [-0.25, -0.2) is 8.42 Å². The minimum atomic E-state index is -4.49. The van der Waals surface area contributed by atoms with Gasteiger partial charge in [0.05, 0.1) is 23.8 Å². The number of carbonyl (C=O) groups is 1. The number of nitro benzene ring substituents is 1. The monoisotopic (exact) mass is 652 g/mol. The number of allylic oxidation sites excluding steroid dienone is 1. The number of nitrogens with zero attached hydrogens (tertiary/aromatic N) is 1. The normalized spacial score (nSPS) is 16.8. The van der Waals surface area contributed by atoms with Gasteiger partial charge in [0.15, 0.2) is 0 Å². The number of hydrogen-bond donors (Lipinski definition) is 1. The Morgan fingerprint density at radius 3 is 1.98 bits per heavy atom. The molecule has 0 fully saturated rings. The van der Waals surface area contributed by atoms with E-state index in [0.29, 0.717) is 12.2 Å². The average Bonchev–Trinajstić information content (AvgIpc) is 3.01. The van der Waals surface area contributed by atoms with Gasteiger partial charge in [-0.3, -0.25) is 19.6 Å². The molecule has 1 unspecified atom stereocenters. The fourth-order valence-electron chi connectivity index (χ4n) is 5.16. The van der Waals surface area contributed by atoms with E-state index in [1.54, 1.807) is 6.92 Å². The summed E-state index contributed by atoms with van der Waals surface area (Å²) in [4.78, 5) is 23.0. The third kappa shape index (κ3) is 12.8. The molecule has 0 spiro atoms. The minimum absolute atomic E-state index is 0.0142. The smallest absolute Gasteiger partial charge is 0.271 e. The standard InChI is InChI=1S/C33H52N2O9S/c1-5-6-7-8-9-10-11-12-13-14-15-16-17-18-21-44-33(42-4)26-29(30(36)24-27(33)2)34-45(39,40)32-25-28(35(37)38)19-20-31(32)43-23-22-41-3/h19-20,24-26,34H,5-18,21-23H2,1-4H3. The third-order valence-electron chi connectivity index (χ3n) is 7.83. The van der Waals surface area contributed by atoms with Gasteiger partial charge in [-0.1, -0.05) is 90.4 Å². The molecule has 12 heteroatoms. The summed E-state index contributed by atoms with van der Waals surface area (Å²) in [5, 5.41) is 11.4. The van der Waals surface area contributed by atoms with Crippen LogP contribution in [0.3, 0.4) is 0 Å². The molecule has 0 heterocycles. The van der Waals surface area contributed by atoms with E-state index in [1.807, 2.05) is 0 Å². The lowest BCUT2D eigenvalue weighted by molar-refractivity contribution is -0.385. The number of carbonyl (C=O) groups excluding carboxylic acids is 1. The SMILES string of the molecule is CCCCCCCCCCCCCCCCOC1(OC)C=C(NS(=O)(=O)c2cc([N+](=O)[O-])ccc2OCCOC)C(=O)C=C1C. The van der Waals surface area contributed by atoms with Crippen molar-refractivity contribution >= 4 is 21.5 Å². The maximum Gasteiger partial charge on any atom is 0.271 e. The van der Waals surface area contributed by atoms with Crippen molar-refractivity contribution < 1.29 is 37.1 Å². The van der Waals surface area contributed by atoms with E-state index in [9.17, 15) is 23.3 Å². The molecule has 0 saturated carbocycles. The Morgan fingerprint density at radius 1 is 0.867 bits per heavy atom. The molecule has 1 aliphatic rings. The quantitative estimate of drug-likeness (QED) is 0.0504. The van der Waals surface area contributed by atoms with Crippen molar-refractivity contribution in [1.82, 2.24) is 4.72 Å². The lowest BCUT2D eigenvalue weighted by Gasteiger charge is -2.33. The number of non-ortho nitro benzene ring substituents is 1. The number of methoxy groups -OCH3 is 2. The lowest BCUT2D eigenvalue weighted by Crippen LogP contribution is -2.41. The Hall–Kier alpha value is -2.80. The van der Waals surface area contributed by atoms with Gasteiger partial charge in [-0.15, -0.1) is 0 Å². The Kier molecular flexibility index (Phi) is 17.4. The molecule has 45 heavy (non-hydrogen) atoms. The molecule has 0 saturated heterocycles. The highest BCUT2D eigenvalue weighted by molar-refractivity contribution is 7.89. The van der Waals surface area contributed by atoms with Crippen LogP contribution < -0.4 is 9.46 Å². The van der Waals surface area contributed by atoms with Crippen LogP contribution in [-0.2, 0) is 29.0 Å². The van der Waals surface area contributed by atoms with Crippen molar-refractivity contribution in [3.8, 4) is 5.75 Å². The first-order chi connectivity index (χ1) is 21.6. The molecule has 1 N–H and O–H groups in total. The highest BCUT2D eigenvalue weighted by Crippen LogP contribution is 2.33. The first kappa shape index (κ1) is 38.4. The number of nitrogens with one attached hydrogen (secondary N) is 1. The Bertz CT molecular complexity index is 1250. The number of unbranched alkanes of at least 4 members (excludes halogenated alkanes) is 13. The van der Waals surface area contributed by atoms with Crippen LogP contribution in [0.5, 0.6) is 5.75 Å². The summed E-state index contributed by atoms with van der Waals surface area (Å²) in [6.45, 7) is 4.46. The van der Waals surface area contributed by atoms with Crippen molar-refractivity contribution in [1.29, 1.82) is 0 Å². The molecule has 1 aliphatic carbocycles. The van der Waals surface area contributed by atoms with Crippen LogP contribution in [0.1, 0.15) is 104 Å². The van der Waals surface area contributed by atoms with E-state index in [-0.39, 0.29) is 24.7 Å². The summed E-state index contributed by atoms with van der Waals surface area (Å²) < 4.78 is 51.3. The van der Waals surface area contributed by atoms with Gasteiger partial charge in [0, 0.05) is 32.4 Å². The number of ether oxygens (including phenoxy) is 4. The summed E-state index contributed by atoms with van der Waals surface area (Å²) in [6, 6.07) is 3.22. The third-order valence-corrected chi connectivity index (χ3v) is 9.22. The van der Waals surface area contributed by atoms with Gasteiger partial charge in [-0.05, 0) is 31.1 Å². The molecule has 0 bridgehead atoms. The number of ketones is 1. The van der Waals surface area contributed by atoms with Crippen molar-refractivity contribution in [2.75, 3.05) is 34.0 Å². The Balaban J connectivity index is 1.93. The van der Waals surface area contributed by atoms with E-state index in [2.05, 4.69) is 11.6 Å². The summed E-state index contributed by atoms with van der Waals surface area (Å²) in [6.07, 6.45) is 19.8. The molecule has 0 aromatic heterocycles.